The van der Waals surface area contributed by atoms with Gasteiger partial charge in [-0.2, -0.15) is 9.40 Å². The van der Waals surface area contributed by atoms with E-state index in [0.29, 0.717) is 18.6 Å². The number of hydrogen-bond donors (Lipinski definition) is 1. The summed E-state index contributed by atoms with van der Waals surface area (Å²) < 4.78 is 32.2. The van der Waals surface area contributed by atoms with Gasteiger partial charge in [0.05, 0.1) is 24.6 Å². The van der Waals surface area contributed by atoms with E-state index in [0.717, 1.165) is 11.9 Å². The van der Waals surface area contributed by atoms with E-state index in [4.69, 9.17) is 4.74 Å². The minimum absolute atomic E-state index is 0.258. The molecule has 1 unspecified atom stereocenters. The van der Waals surface area contributed by atoms with Crippen LogP contribution in [-0.4, -0.2) is 60.5 Å². The summed E-state index contributed by atoms with van der Waals surface area (Å²) in [5, 5.41) is 7.04. The second kappa shape index (κ2) is 6.21. The fraction of sp³-hybridized carbons (Fsp3) is 0.714. The first kappa shape index (κ1) is 17.9. The topological polar surface area (TPSA) is 93.5 Å². The molecule has 8 nitrogen and oxygen atoms in total. The van der Waals surface area contributed by atoms with Gasteiger partial charge in [-0.1, -0.05) is 0 Å². The van der Waals surface area contributed by atoms with E-state index in [1.165, 1.54) is 4.31 Å². The Morgan fingerprint density at radius 1 is 1.52 bits per heavy atom. The number of fused-ring (bicyclic) bond motifs is 1. The summed E-state index contributed by atoms with van der Waals surface area (Å²) in [6.45, 7) is 4.23. The second-order valence-corrected chi connectivity index (χ2v) is 8.44. The summed E-state index contributed by atoms with van der Waals surface area (Å²) in [7, 11) is -0.175. The van der Waals surface area contributed by atoms with E-state index in [-0.39, 0.29) is 12.5 Å². The number of aromatic nitrogens is 2. The Labute approximate surface area is 136 Å². The number of ether oxygens (including phenoxy) is 1. The first-order chi connectivity index (χ1) is 10.6. The molecule has 0 aromatic carbocycles. The van der Waals surface area contributed by atoms with Gasteiger partial charge in [-0.05, 0) is 13.8 Å². The summed E-state index contributed by atoms with van der Waals surface area (Å²) in [5.74, 6) is -0.369. The van der Waals surface area contributed by atoms with Gasteiger partial charge in [0.1, 0.15) is 6.04 Å². The molecule has 2 rings (SSSR count). The maximum absolute atomic E-state index is 12.8. The normalized spacial score (nSPS) is 19.4. The zero-order valence-electron chi connectivity index (χ0n) is 14.2. The molecule has 0 radical (unpaired) electrons. The molecule has 0 bridgehead atoms. The van der Waals surface area contributed by atoms with Crippen LogP contribution in [0.5, 0.6) is 0 Å². The number of nitrogens with zero attached hydrogens (tertiary/aromatic N) is 3. The molecule has 0 saturated heterocycles. The third kappa shape index (κ3) is 3.73. The number of amides is 1. The van der Waals surface area contributed by atoms with Gasteiger partial charge < -0.3 is 10.1 Å². The molecule has 0 spiro atoms. The van der Waals surface area contributed by atoms with Crippen LogP contribution < -0.4 is 5.32 Å². The van der Waals surface area contributed by atoms with Crippen molar-refractivity contribution >= 4 is 15.9 Å². The summed E-state index contributed by atoms with van der Waals surface area (Å²) in [6, 6.07) is -0.904. The van der Waals surface area contributed by atoms with E-state index in [1.54, 1.807) is 25.0 Å². The molecule has 0 saturated carbocycles. The third-order valence-electron chi connectivity index (χ3n) is 3.89. The molecular formula is C14H24N4O4S. The van der Waals surface area contributed by atoms with Crippen LogP contribution in [0.2, 0.25) is 0 Å². The fourth-order valence-electron chi connectivity index (χ4n) is 2.94. The number of sulfonamides is 1. The van der Waals surface area contributed by atoms with E-state index >= 15 is 0 Å². The van der Waals surface area contributed by atoms with E-state index in [9.17, 15) is 13.2 Å². The Bertz CT molecular complexity index is 696. The highest BCUT2D eigenvalue weighted by molar-refractivity contribution is 7.88. The highest BCUT2D eigenvalue weighted by Gasteiger charge is 2.41. The largest absolute Gasteiger partial charge is 0.382 e. The van der Waals surface area contributed by atoms with Gasteiger partial charge in [-0.3, -0.25) is 9.48 Å². The zero-order chi connectivity index (χ0) is 17.4. The number of nitrogens with one attached hydrogen (secondary N) is 1. The minimum atomic E-state index is -3.52. The number of carbonyl (C=O) groups is 1. The fourth-order valence-corrected chi connectivity index (χ4v) is 3.96. The molecule has 23 heavy (non-hydrogen) atoms. The second-order valence-electron chi connectivity index (χ2n) is 6.50. The van der Waals surface area contributed by atoms with Crippen molar-refractivity contribution in [3.8, 4) is 0 Å². The zero-order valence-corrected chi connectivity index (χ0v) is 15.0. The van der Waals surface area contributed by atoms with Crippen molar-refractivity contribution < 1.29 is 17.9 Å². The van der Waals surface area contributed by atoms with Crippen LogP contribution in [-0.2, 0) is 33.0 Å². The molecule has 2 heterocycles. The molecule has 0 fully saturated rings. The molecule has 1 aliphatic heterocycles. The Balaban J connectivity index is 2.39. The average molecular weight is 344 g/mol. The first-order valence-electron chi connectivity index (χ1n) is 7.35. The molecule has 0 aliphatic carbocycles. The monoisotopic (exact) mass is 344 g/mol. The van der Waals surface area contributed by atoms with Gasteiger partial charge in [0.25, 0.3) is 0 Å². The van der Waals surface area contributed by atoms with Crippen LogP contribution in [0.4, 0.5) is 0 Å². The standard InChI is InChI=1S/C14H24N4O4S/c1-14(2,9-22-4)16-13(19)12-10-8-15-17(3)11(10)6-7-18(12)23(5,20)21/h8,12H,6-7,9H2,1-5H3,(H,16,19). The summed E-state index contributed by atoms with van der Waals surface area (Å²) >= 11 is 0. The number of aryl methyl sites for hydroxylation is 1. The van der Waals surface area contributed by atoms with Gasteiger partial charge in [0.2, 0.25) is 15.9 Å². The Kier molecular flexibility index (Phi) is 4.84. The minimum Gasteiger partial charge on any atom is -0.382 e. The van der Waals surface area contributed by atoms with Crippen molar-refractivity contribution in [3.63, 3.8) is 0 Å². The van der Waals surface area contributed by atoms with Crippen molar-refractivity contribution in [1.82, 2.24) is 19.4 Å². The van der Waals surface area contributed by atoms with Crippen molar-refractivity contribution in [2.75, 3.05) is 26.5 Å². The van der Waals surface area contributed by atoms with Gasteiger partial charge in [-0.15, -0.1) is 0 Å². The molecule has 1 atom stereocenters. The highest BCUT2D eigenvalue weighted by atomic mass is 32.2. The lowest BCUT2D eigenvalue weighted by Crippen LogP contribution is -2.53. The van der Waals surface area contributed by atoms with Crippen LogP contribution in [0.15, 0.2) is 6.20 Å². The predicted octanol–water partition coefficient (Wildman–Crippen LogP) is -0.180. The predicted molar refractivity (Wildman–Crippen MR) is 85.3 cm³/mol. The first-order valence-corrected chi connectivity index (χ1v) is 9.20. The SMILES string of the molecule is COCC(C)(C)NC(=O)C1c2cnn(C)c2CCN1S(C)(=O)=O. The van der Waals surface area contributed by atoms with Gasteiger partial charge in [-0.25, -0.2) is 8.42 Å². The summed E-state index contributed by atoms with van der Waals surface area (Å²) in [4.78, 5) is 12.8. The molecule has 1 aromatic rings. The summed E-state index contributed by atoms with van der Waals surface area (Å²) in [6.07, 6.45) is 3.22. The number of methoxy groups -OCH3 is 1. The maximum atomic E-state index is 12.8. The Morgan fingerprint density at radius 2 is 2.17 bits per heavy atom. The molecule has 1 aromatic heterocycles. The third-order valence-corrected chi connectivity index (χ3v) is 5.13. The maximum Gasteiger partial charge on any atom is 0.243 e. The number of carbonyl (C=O) groups excluding carboxylic acids is 1. The molecule has 1 aliphatic rings. The van der Waals surface area contributed by atoms with E-state index < -0.39 is 21.6 Å². The van der Waals surface area contributed by atoms with Crippen LogP contribution in [0.25, 0.3) is 0 Å². The smallest absolute Gasteiger partial charge is 0.243 e. The van der Waals surface area contributed by atoms with Crippen molar-refractivity contribution in [1.29, 1.82) is 0 Å². The molecule has 130 valence electrons. The van der Waals surface area contributed by atoms with Gasteiger partial charge in [0.15, 0.2) is 0 Å². The highest BCUT2D eigenvalue weighted by Crippen LogP contribution is 2.31. The number of rotatable bonds is 5. The van der Waals surface area contributed by atoms with Crippen LogP contribution in [0.1, 0.15) is 31.1 Å². The average Bonchev–Trinajstić information content (AvgIpc) is 2.77. The number of hydrogen-bond acceptors (Lipinski definition) is 5. The van der Waals surface area contributed by atoms with Crippen molar-refractivity contribution in [2.45, 2.75) is 31.8 Å². The lowest BCUT2D eigenvalue weighted by atomic mass is 9.99. The molecule has 9 heteroatoms. The Hall–Kier alpha value is -1.45. The van der Waals surface area contributed by atoms with Crippen molar-refractivity contribution in [2.24, 2.45) is 7.05 Å². The van der Waals surface area contributed by atoms with Crippen molar-refractivity contribution in [3.05, 3.63) is 17.5 Å². The van der Waals surface area contributed by atoms with Crippen LogP contribution in [0.3, 0.4) is 0 Å². The van der Waals surface area contributed by atoms with E-state index in [1.807, 2.05) is 13.8 Å². The molecular weight excluding hydrogens is 320 g/mol. The van der Waals surface area contributed by atoms with Gasteiger partial charge >= 0.3 is 0 Å². The van der Waals surface area contributed by atoms with Crippen LogP contribution >= 0.6 is 0 Å². The van der Waals surface area contributed by atoms with Gasteiger partial charge in [0, 0.05) is 38.4 Å². The Morgan fingerprint density at radius 3 is 2.74 bits per heavy atom. The van der Waals surface area contributed by atoms with E-state index in [2.05, 4.69) is 10.4 Å². The quantitative estimate of drug-likeness (QED) is 0.800. The molecule has 1 amide bonds. The lowest BCUT2D eigenvalue weighted by Gasteiger charge is -2.35. The molecule has 1 N–H and O–H groups in total. The lowest BCUT2D eigenvalue weighted by molar-refractivity contribution is -0.127. The van der Waals surface area contributed by atoms with Crippen LogP contribution in [0, 0.1) is 0 Å². The summed E-state index contributed by atoms with van der Waals surface area (Å²) in [5.41, 5.74) is 0.916.